The van der Waals surface area contributed by atoms with Crippen LogP contribution in [0.25, 0.3) is 0 Å². The highest BCUT2D eigenvalue weighted by molar-refractivity contribution is 5.84. The van der Waals surface area contributed by atoms with E-state index in [4.69, 9.17) is 0 Å². The van der Waals surface area contributed by atoms with Crippen LogP contribution >= 0.6 is 0 Å². The minimum atomic E-state index is -0.238. The lowest BCUT2D eigenvalue weighted by Crippen LogP contribution is -2.57. The Kier molecular flexibility index (Phi) is 5.00. The minimum Gasteiger partial charge on any atom is -0.350 e. The van der Waals surface area contributed by atoms with Crippen LogP contribution in [0.3, 0.4) is 0 Å². The summed E-state index contributed by atoms with van der Waals surface area (Å²) in [4.78, 5) is 38.2. The fourth-order valence-corrected chi connectivity index (χ4v) is 5.37. The van der Waals surface area contributed by atoms with E-state index in [1.54, 1.807) is 18.5 Å². The zero-order valence-electron chi connectivity index (χ0n) is 17.8. The molecule has 0 radical (unpaired) electrons. The van der Waals surface area contributed by atoms with Gasteiger partial charge in [-0.05, 0) is 37.0 Å². The maximum atomic E-state index is 12.7. The molecule has 2 N–H and O–H groups in total. The number of anilines is 1. The molecule has 1 aromatic heterocycles. The average Bonchev–Trinajstić information content (AvgIpc) is 3.35. The summed E-state index contributed by atoms with van der Waals surface area (Å²) in [5.74, 6) is 1.000. The number of aryl methyl sites for hydroxylation is 1. The second-order valence-electron chi connectivity index (χ2n) is 8.88. The number of nitrogens with one attached hydrogen (secondary N) is 2. The molecular formula is C23H28N6O2. The molecule has 0 bridgehead atoms. The second-order valence-corrected chi connectivity index (χ2v) is 8.88. The Morgan fingerprint density at radius 3 is 2.65 bits per heavy atom. The van der Waals surface area contributed by atoms with E-state index >= 15 is 0 Å². The topological polar surface area (TPSA) is 90.5 Å². The molecule has 31 heavy (non-hydrogen) atoms. The minimum absolute atomic E-state index is 0.0368. The highest BCUT2D eigenvalue weighted by atomic mass is 16.2. The number of piperidine rings is 1. The van der Waals surface area contributed by atoms with E-state index in [2.05, 4.69) is 38.5 Å². The van der Waals surface area contributed by atoms with Gasteiger partial charge in [0, 0.05) is 56.6 Å². The van der Waals surface area contributed by atoms with Gasteiger partial charge in [0.25, 0.3) is 0 Å². The van der Waals surface area contributed by atoms with Crippen LogP contribution < -0.4 is 15.5 Å². The Balaban J connectivity index is 1.21. The SMILES string of the molecule is Cc1ccccc1CNC(=O)N1CCC2(CC1)NC(=O)[C@H]1CN(c3ncccn3)C[C@H]12. The number of amides is 3. The molecular weight excluding hydrogens is 392 g/mol. The molecule has 3 aliphatic heterocycles. The van der Waals surface area contributed by atoms with Crippen molar-refractivity contribution < 1.29 is 9.59 Å². The lowest BCUT2D eigenvalue weighted by molar-refractivity contribution is -0.122. The van der Waals surface area contributed by atoms with E-state index in [1.165, 1.54) is 5.56 Å². The third-order valence-electron chi connectivity index (χ3n) is 7.21. The van der Waals surface area contributed by atoms with Crippen LogP contribution in [0.1, 0.15) is 24.0 Å². The predicted molar refractivity (Wildman–Crippen MR) is 116 cm³/mol. The van der Waals surface area contributed by atoms with Crippen molar-refractivity contribution in [1.29, 1.82) is 0 Å². The molecule has 4 heterocycles. The van der Waals surface area contributed by atoms with Gasteiger partial charge in [-0.25, -0.2) is 14.8 Å². The molecule has 8 heteroatoms. The fourth-order valence-electron chi connectivity index (χ4n) is 5.37. The van der Waals surface area contributed by atoms with Gasteiger partial charge in [-0.2, -0.15) is 0 Å². The van der Waals surface area contributed by atoms with E-state index < -0.39 is 0 Å². The largest absolute Gasteiger partial charge is 0.350 e. The van der Waals surface area contributed by atoms with Crippen molar-refractivity contribution in [1.82, 2.24) is 25.5 Å². The molecule has 0 unspecified atom stereocenters. The molecule has 2 atom stereocenters. The van der Waals surface area contributed by atoms with Gasteiger partial charge in [-0.15, -0.1) is 0 Å². The number of benzene rings is 1. The van der Waals surface area contributed by atoms with Crippen molar-refractivity contribution in [3.8, 4) is 0 Å². The summed E-state index contributed by atoms with van der Waals surface area (Å²) < 4.78 is 0. The molecule has 5 rings (SSSR count). The van der Waals surface area contributed by atoms with Gasteiger partial charge in [-0.3, -0.25) is 4.79 Å². The predicted octanol–water partition coefficient (Wildman–Crippen LogP) is 1.71. The summed E-state index contributed by atoms with van der Waals surface area (Å²) in [7, 11) is 0. The molecule has 1 spiro atoms. The van der Waals surface area contributed by atoms with Gasteiger partial charge >= 0.3 is 6.03 Å². The van der Waals surface area contributed by atoms with Crippen LogP contribution in [-0.4, -0.2) is 58.5 Å². The smallest absolute Gasteiger partial charge is 0.317 e. The van der Waals surface area contributed by atoms with E-state index in [0.717, 1.165) is 24.9 Å². The van der Waals surface area contributed by atoms with Gasteiger partial charge in [0.1, 0.15) is 0 Å². The Labute approximate surface area is 182 Å². The number of hydrogen-bond donors (Lipinski definition) is 2. The van der Waals surface area contributed by atoms with Crippen LogP contribution in [0.15, 0.2) is 42.7 Å². The lowest BCUT2D eigenvalue weighted by Gasteiger charge is -2.42. The third-order valence-corrected chi connectivity index (χ3v) is 7.21. The first kappa shape index (κ1) is 19.8. The van der Waals surface area contributed by atoms with Crippen LogP contribution in [0.5, 0.6) is 0 Å². The highest BCUT2D eigenvalue weighted by Gasteiger charge is 2.57. The van der Waals surface area contributed by atoms with E-state index in [1.807, 2.05) is 23.1 Å². The number of urea groups is 1. The number of fused-ring (bicyclic) bond motifs is 2. The molecule has 1 aromatic carbocycles. The summed E-state index contributed by atoms with van der Waals surface area (Å²) in [5, 5.41) is 6.35. The van der Waals surface area contributed by atoms with Crippen molar-refractivity contribution in [3.63, 3.8) is 0 Å². The Hall–Kier alpha value is -3.16. The molecule has 3 amide bonds. The summed E-state index contributed by atoms with van der Waals surface area (Å²) in [6.45, 7) is 5.29. The van der Waals surface area contributed by atoms with Gasteiger partial charge < -0.3 is 20.4 Å². The van der Waals surface area contributed by atoms with Crippen molar-refractivity contribution in [3.05, 3.63) is 53.9 Å². The number of hydrogen-bond acceptors (Lipinski definition) is 5. The highest BCUT2D eigenvalue weighted by Crippen LogP contribution is 2.44. The van der Waals surface area contributed by atoms with Crippen LogP contribution in [0.4, 0.5) is 10.7 Å². The number of aromatic nitrogens is 2. The van der Waals surface area contributed by atoms with Crippen molar-refractivity contribution >= 4 is 17.9 Å². The first-order chi connectivity index (χ1) is 15.1. The van der Waals surface area contributed by atoms with Crippen molar-refractivity contribution in [2.75, 3.05) is 31.1 Å². The van der Waals surface area contributed by atoms with E-state index in [-0.39, 0.29) is 29.3 Å². The molecule has 2 aromatic rings. The summed E-state index contributed by atoms with van der Waals surface area (Å²) in [6, 6.07) is 9.85. The maximum absolute atomic E-state index is 12.7. The number of nitrogens with zero attached hydrogens (tertiary/aromatic N) is 4. The van der Waals surface area contributed by atoms with Gasteiger partial charge in [0.05, 0.1) is 5.92 Å². The van der Waals surface area contributed by atoms with Gasteiger partial charge in [-0.1, -0.05) is 24.3 Å². The molecule has 8 nitrogen and oxygen atoms in total. The van der Waals surface area contributed by atoms with Crippen molar-refractivity contribution in [2.45, 2.75) is 31.8 Å². The lowest BCUT2D eigenvalue weighted by atomic mass is 9.75. The standard InChI is InChI=1S/C23H28N6O2/c1-16-5-2-3-6-17(16)13-26-22(31)28-11-7-23(8-12-28)19-15-29(14-18(19)20(30)27-23)21-24-9-4-10-25-21/h2-6,9-10,18-19H,7-8,11-15H2,1H3,(H,26,31)(H,27,30)/t18-,19+/m0/s1. The van der Waals surface area contributed by atoms with Crippen molar-refractivity contribution in [2.24, 2.45) is 11.8 Å². The van der Waals surface area contributed by atoms with Crippen LogP contribution in [0, 0.1) is 18.8 Å². The first-order valence-corrected chi connectivity index (χ1v) is 11.0. The molecule has 3 fully saturated rings. The van der Waals surface area contributed by atoms with Gasteiger partial charge in [0.2, 0.25) is 11.9 Å². The summed E-state index contributed by atoms with van der Waals surface area (Å²) >= 11 is 0. The third kappa shape index (κ3) is 3.60. The zero-order valence-corrected chi connectivity index (χ0v) is 17.8. The summed E-state index contributed by atoms with van der Waals surface area (Å²) in [5.41, 5.74) is 2.07. The number of carbonyl (C=O) groups is 2. The van der Waals surface area contributed by atoms with E-state index in [0.29, 0.717) is 32.1 Å². The molecule has 162 valence electrons. The molecule has 0 saturated carbocycles. The number of likely N-dealkylation sites (tertiary alicyclic amines) is 1. The number of rotatable bonds is 3. The molecule has 3 aliphatic rings. The Bertz CT molecular complexity index is 973. The molecule has 3 saturated heterocycles. The van der Waals surface area contributed by atoms with Crippen LogP contribution in [-0.2, 0) is 11.3 Å². The maximum Gasteiger partial charge on any atom is 0.317 e. The Morgan fingerprint density at radius 2 is 1.90 bits per heavy atom. The summed E-state index contributed by atoms with van der Waals surface area (Å²) in [6.07, 6.45) is 5.03. The zero-order chi connectivity index (χ0) is 21.4. The Morgan fingerprint density at radius 1 is 1.16 bits per heavy atom. The number of carbonyl (C=O) groups excluding carboxylic acids is 2. The normalized spacial score (nSPS) is 24.2. The van der Waals surface area contributed by atoms with Crippen LogP contribution in [0.2, 0.25) is 0 Å². The average molecular weight is 421 g/mol. The second kappa shape index (κ2) is 7.83. The quantitative estimate of drug-likeness (QED) is 0.789. The first-order valence-electron chi connectivity index (χ1n) is 11.0. The fraction of sp³-hybridized carbons (Fsp3) is 0.478. The monoisotopic (exact) mass is 420 g/mol. The molecule has 0 aliphatic carbocycles. The van der Waals surface area contributed by atoms with E-state index in [9.17, 15) is 9.59 Å². The van der Waals surface area contributed by atoms with Gasteiger partial charge in [0.15, 0.2) is 0 Å².